The van der Waals surface area contributed by atoms with E-state index < -0.39 is 26.3 Å². The molecule has 0 aliphatic rings. The van der Waals surface area contributed by atoms with Crippen LogP contribution in [0, 0.1) is 11.8 Å². The number of carbonyl (C=O) groups excluding carboxylic acids is 3. The maximum absolute atomic E-state index is 11.9. The zero-order chi connectivity index (χ0) is 25.9. The highest BCUT2D eigenvalue weighted by molar-refractivity contribution is 8.13. The number of nitrogens with one attached hydrogen (secondary N) is 2. The van der Waals surface area contributed by atoms with E-state index in [0.29, 0.717) is 37.4 Å². The van der Waals surface area contributed by atoms with Gasteiger partial charge in [0.15, 0.2) is 13.4 Å². The van der Waals surface area contributed by atoms with Crippen LogP contribution in [-0.4, -0.2) is 43.7 Å². The summed E-state index contributed by atoms with van der Waals surface area (Å²) in [7, 11) is -1.96. The van der Waals surface area contributed by atoms with Gasteiger partial charge in [0.05, 0.1) is 12.4 Å². The van der Waals surface area contributed by atoms with Crippen molar-refractivity contribution in [3.05, 3.63) is 29.3 Å². The van der Waals surface area contributed by atoms with Crippen LogP contribution in [0.15, 0.2) is 18.2 Å². The average molecular weight is 507 g/mol. The van der Waals surface area contributed by atoms with E-state index in [1.807, 2.05) is 18.2 Å². The Balaban J connectivity index is 3.07. The van der Waals surface area contributed by atoms with Crippen molar-refractivity contribution in [3.63, 3.8) is 0 Å². The van der Waals surface area contributed by atoms with Gasteiger partial charge in [-0.1, -0.05) is 50.4 Å². The molecule has 0 unspecified atom stereocenters. The van der Waals surface area contributed by atoms with E-state index in [0.717, 1.165) is 22.9 Å². The predicted molar refractivity (Wildman–Crippen MR) is 142 cm³/mol. The van der Waals surface area contributed by atoms with E-state index in [9.17, 15) is 14.4 Å². The lowest BCUT2D eigenvalue weighted by Crippen LogP contribution is -2.40. The normalized spacial score (nSPS) is 12.3. The van der Waals surface area contributed by atoms with Crippen LogP contribution in [0.25, 0.3) is 0 Å². The lowest BCUT2D eigenvalue weighted by molar-refractivity contribution is -0.118. The van der Waals surface area contributed by atoms with E-state index in [1.165, 1.54) is 6.92 Å². The number of hydrogen-bond donors (Lipinski definition) is 4. The number of amides is 3. The standard InChI is InChI=1S/C24H38N4O4SSi/c1-17(29)33-14-8-9-18-15-20(28-21(22(25)30)10-7-13-27-23(26)31)12-11-19(18)16-32-34(5,6)24(2,3)4/h11-12,15,21,28H,7,10,13-14,16H2,1-6H3,(H2,25,30)(H3,26,27,31)/t21-/m0/s1. The Morgan fingerprint density at radius 2 is 1.88 bits per heavy atom. The molecule has 0 spiro atoms. The largest absolute Gasteiger partial charge is 0.413 e. The zero-order valence-electron chi connectivity index (χ0n) is 21.0. The summed E-state index contributed by atoms with van der Waals surface area (Å²) in [6.45, 7) is 13.3. The smallest absolute Gasteiger partial charge is 0.312 e. The van der Waals surface area contributed by atoms with E-state index >= 15 is 0 Å². The number of hydrogen-bond acceptors (Lipinski definition) is 6. The highest BCUT2D eigenvalue weighted by atomic mass is 32.2. The Hall–Kier alpha value is -2.48. The second kappa shape index (κ2) is 13.4. The fraction of sp³-hybridized carbons (Fsp3) is 0.542. The number of thioether (sulfide) groups is 1. The van der Waals surface area contributed by atoms with Crippen molar-refractivity contribution in [2.24, 2.45) is 11.5 Å². The highest BCUT2D eigenvalue weighted by Gasteiger charge is 2.37. The molecule has 10 heteroatoms. The van der Waals surface area contributed by atoms with Crippen LogP contribution < -0.4 is 22.1 Å². The topological polar surface area (TPSA) is 137 Å². The van der Waals surface area contributed by atoms with Crippen molar-refractivity contribution in [1.29, 1.82) is 0 Å². The third-order valence-corrected chi connectivity index (χ3v) is 10.9. The molecule has 3 amide bonds. The first-order valence-corrected chi connectivity index (χ1v) is 15.1. The summed E-state index contributed by atoms with van der Waals surface area (Å²) in [6.07, 6.45) is 0.971. The molecule has 0 aromatic heterocycles. The van der Waals surface area contributed by atoms with Gasteiger partial charge >= 0.3 is 6.03 Å². The molecule has 34 heavy (non-hydrogen) atoms. The summed E-state index contributed by atoms with van der Waals surface area (Å²) in [5.41, 5.74) is 13.0. The predicted octanol–water partition coefficient (Wildman–Crippen LogP) is 3.55. The summed E-state index contributed by atoms with van der Waals surface area (Å²) < 4.78 is 6.38. The quantitative estimate of drug-likeness (QED) is 0.206. The van der Waals surface area contributed by atoms with Gasteiger partial charge in [-0.25, -0.2) is 4.79 Å². The molecule has 6 N–H and O–H groups in total. The number of carbonyl (C=O) groups is 3. The molecule has 188 valence electrons. The Kier molecular flexibility index (Phi) is 11.7. The van der Waals surface area contributed by atoms with Gasteiger partial charge in [0.2, 0.25) is 5.91 Å². The summed E-state index contributed by atoms with van der Waals surface area (Å²) in [4.78, 5) is 34.0. The minimum absolute atomic E-state index is 0.0151. The van der Waals surface area contributed by atoms with Crippen LogP contribution in [0.5, 0.6) is 0 Å². The molecule has 0 aliphatic heterocycles. The maximum Gasteiger partial charge on any atom is 0.312 e. The molecule has 8 nitrogen and oxygen atoms in total. The van der Waals surface area contributed by atoms with Crippen LogP contribution >= 0.6 is 11.8 Å². The number of benzene rings is 1. The molecule has 1 aromatic carbocycles. The first-order valence-electron chi connectivity index (χ1n) is 11.2. The van der Waals surface area contributed by atoms with Gasteiger partial charge < -0.3 is 26.5 Å². The Bertz CT molecular complexity index is 935. The number of rotatable bonds is 11. The van der Waals surface area contributed by atoms with Crippen molar-refractivity contribution in [3.8, 4) is 11.8 Å². The monoisotopic (exact) mass is 506 g/mol. The fourth-order valence-corrected chi connectivity index (χ4v) is 3.95. The Morgan fingerprint density at radius 1 is 1.21 bits per heavy atom. The lowest BCUT2D eigenvalue weighted by atomic mass is 10.1. The molecule has 0 heterocycles. The Morgan fingerprint density at radius 3 is 2.44 bits per heavy atom. The van der Waals surface area contributed by atoms with Gasteiger partial charge in [-0.15, -0.1) is 0 Å². The molecule has 0 radical (unpaired) electrons. The average Bonchev–Trinajstić information content (AvgIpc) is 2.71. The van der Waals surface area contributed by atoms with Crippen LogP contribution in [0.1, 0.15) is 51.7 Å². The number of anilines is 1. The molecule has 0 fully saturated rings. The van der Waals surface area contributed by atoms with E-state index in [2.05, 4.69) is 56.3 Å². The Labute approximate surface area is 208 Å². The van der Waals surface area contributed by atoms with Crippen molar-refractivity contribution in [1.82, 2.24) is 5.32 Å². The van der Waals surface area contributed by atoms with Gasteiger partial charge in [-0.05, 0) is 48.7 Å². The molecule has 0 saturated carbocycles. The summed E-state index contributed by atoms with van der Waals surface area (Å²) in [6, 6.07) is 4.46. The first-order chi connectivity index (χ1) is 15.7. The van der Waals surface area contributed by atoms with Crippen molar-refractivity contribution in [2.45, 2.75) is 71.3 Å². The zero-order valence-corrected chi connectivity index (χ0v) is 22.9. The van der Waals surface area contributed by atoms with E-state index in [4.69, 9.17) is 15.9 Å². The summed E-state index contributed by atoms with van der Waals surface area (Å²) in [5.74, 6) is 6.08. The molecule has 1 rings (SSSR count). The van der Waals surface area contributed by atoms with Crippen molar-refractivity contribution >= 4 is 42.8 Å². The number of primary amides is 2. The summed E-state index contributed by atoms with van der Waals surface area (Å²) >= 11 is 1.16. The molecule has 0 aliphatic carbocycles. The van der Waals surface area contributed by atoms with Crippen LogP contribution in [0.4, 0.5) is 10.5 Å². The number of nitrogens with two attached hydrogens (primary N) is 2. The van der Waals surface area contributed by atoms with Gasteiger partial charge in [0.1, 0.15) is 6.04 Å². The molecular weight excluding hydrogens is 468 g/mol. The SMILES string of the molecule is CC(=O)SCC#Cc1cc(N[C@@H](CCCNC(N)=O)C(N)=O)ccc1CO[Si](C)(C)C(C)(C)C. The maximum atomic E-state index is 11.9. The van der Waals surface area contributed by atoms with E-state index in [-0.39, 0.29) is 10.2 Å². The van der Waals surface area contributed by atoms with Crippen molar-refractivity contribution < 1.29 is 18.8 Å². The van der Waals surface area contributed by atoms with Crippen LogP contribution in [0.3, 0.4) is 0 Å². The van der Waals surface area contributed by atoms with E-state index in [1.54, 1.807) is 0 Å². The minimum Gasteiger partial charge on any atom is -0.413 e. The third kappa shape index (κ3) is 10.6. The van der Waals surface area contributed by atoms with Crippen LogP contribution in [0.2, 0.25) is 18.1 Å². The van der Waals surface area contributed by atoms with Gasteiger partial charge in [0, 0.05) is 24.7 Å². The van der Waals surface area contributed by atoms with Crippen molar-refractivity contribution in [2.75, 3.05) is 17.6 Å². The second-order valence-electron chi connectivity index (χ2n) is 9.54. The number of urea groups is 1. The second-order valence-corrected chi connectivity index (χ2v) is 15.5. The molecule has 1 atom stereocenters. The fourth-order valence-electron chi connectivity index (χ4n) is 2.66. The third-order valence-electron chi connectivity index (χ3n) is 5.73. The molecule has 0 bridgehead atoms. The molecule has 0 saturated heterocycles. The molecular formula is C24H38N4O4SSi. The first kappa shape index (κ1) is 29.5. The minimum atomic E-state index is -1.96. The molecule has 1 aromatic rings. The van der Waals surface area contributed by atoms with Gasteiger partial charge in [-0.2, -0.15) is 0 Å². The van der Waals surface area contributed by atoms with Crippen LogP contribution in [-0.2, 0) is 20.6 Å². The highest BCUT2D eigenvalue weighted by Crippen LogP contribution is 2.37. The van der Waals surface area contributed by atoms with Gasteiger partial charge in [-0.3, -0.25) is 9.59 Å². The van der Waals surface area contributed by atoms with Gasteiger partial charge in [0.25, 0.3) is 0 Å². The summed E-state index contributed by atoms with van der Waals surface area (Å²) in [5, 5.41) is 5.75. The lowest BCUT2D eigenvalue weighted by Gasteiger charge is -2.36.